The summed E-state index contributed by atoms with van der Waals surface area (Å²) in [4.78, 5) is 0.220. The number of rotatable bonds is 7. The molecule has 0 N–H and O–H groups in total. The van der Waals surface area contributed by atoms with Crippen LogP contribution in [0.25, 0.3) is 0 Å². The van der Waals surface area contributed by atoms with Crippen molar-refractivity contribution >= 4 is 10.1 Å². The molecule has 0 amide bonds. The highest BCUT2D eigenvalue weighted by Gasteiger charge is 2.37. The van der Waals surface area contributed by atoms with Crippen LogP contribution in [0.5, 0.6) is 0 Å². The Morgan fingerprint density at radius 2 is 1.85 bits per heavy atom. The highest BCUT2D eigenvalue weighted by Crippen LogP contribution is 2.36. The number of aryl methyl sites for hydroxylation is 1. The van der Waals surface area contributed by atoms with E-state index in [0.29, 0.717) is 0 Å². The van der Waals surface area contributed by atoms with Gasteiger partial charge in [0.25, 0.3) is 10.1 Å². The zero-order valence-electron chi connectivity index (χ0n) is 12.1. The molecule has 112 valence electrons. The van der Waals surface area contributed by atoms with Gasteiger partial charge in [0.15, 0.2) is 0 Å². The fraction of sp³-hybridized carbons (Fsp3) is 0.600. The van der Waals surface area contributed by atoms with Crippen molar-refractivity contribution in [2.24, 2.45) is 5.41 Å². The molecule has 1 heterocycles. The molecule has 0 radical (unpaired) electrons. The third-order valence-corrected chi connectivity index (χ3v) is 5.10. The molecule has 1 saturated heterocycles. The molecule has 1 fully saturated rings. The van der Waals surface area contributed by atoms with Gasteiger partial charge in [-0.1, -0.05) is 31.0 Å². The van der Waals surface area contributed by atoms with Crippen molar-refractivity contribution in [3.63, 3.8) is 0 Å². The quantitative estimate of drug-likeness (QED) is 0.726. The van der Waals surface area contributed by atoms with Crippen LogP contribution < -0.4 is 0 Å². The summed E-state index contributed by atoms with van der Waals surface area (Å²) >= 11 is 0. The van der Waals surface area contributed by atoms with Crippen molar-refractivity contribution in [3.05, 3.63) is 29.8 Å². The Bertz CT molecular complexity index is 529. The van der Waals surface area contributed by atoms with Crippen molar-refractivity contribution in [1.29, 1.82) is 0 Å². The summed E-state index contributed by atoms with van der Waals surface area (Å²) in [5.74, 6) is 0. The van der Waals surface area contributed by atoms with Crippen LogP contribution in [0.1, 0.15) is 31.7 Å². The lowest BCUT2D eigenvalue weighted by atomic mass is 9.79. The smallest absolute Gasteiger partial charge is 0.296 e. The summed E-state index contributed by atoms with van der Waals surface area (Å²) in [6, 6.07) is 6.71. The average molecular weight is 298 g/mol. The van der Waals surface area contributed by atoms with Crippen molar-refractivity contribution in [2.45, 2.75) is 38.0 Å². The van der Waals surface area contributed by atoms with Crippen LogP contribution in [0, 0.1) is 12.3 Å². The first kappa shape index (κ1) is 15.5. The lowest BCUT2D eigenvalue weighted by molar-refractivity contribution is -0.125. The van der Waals surface area contributed by atoms with Gasteiger partial charge in [-0.3, -0.25) is 4.18 Å². The van der Waals surface area contributed by atoms with E-state index >= 15 is 0 Å². The van der Waals surface area contributed by atoms with E-state index in [9.17, 15) is 8.42 Å². The maximum absolute atomic E-state index is 12.0. The second-order valence-corrected chi connectivity index (χ2v) is 7.20. The predicted octanol–water partition coefficient (Wildman–Crippen LogP) is 2.91. The molecule has 1 aliphatic rings. The topological polar surface area (TPSA) is 52.6 Å². The zero-order valence-corrected chi connectivity index (χ0v) is 12.9. The second kappa shape index (κ2) is 6.24. The Hall–Kier alpha value is -0.910. The Balaban J connectivity index is 1.91. The molecule has 0 aromatic heterocycles. The third-order valence-electron chi connectivity index (χ3n) is 3.78. The van der Waals surface area contributed by atoms with Crippen LogP contribution in [0.3, 0.4) is 0 Å². The molecule has 20 heavy (non-hydrogen) atoms. The molecule has 2 rings (SSSR count). The number of ether oxygens (including phenoxy) is 1. The monoisotopic (exact) mass is 298 g/mol. The van der Waals surface area contributed by atoms with Crippen LogP contribution in [-0.4, -0.2) is 28.2 Å². The Morgan fingerprint density at radius 3 is 2.35 bits per heavy atom. The van der Waals surface area contributed by atoms with Gasteiger partial charge in [-0.2, -0.15) is 8.42 Å². The minimum Gasteiger partial charge on any atom is -0.380 e. The molecule has 0 saturated carbocycles. The van der Waals surface area contributed by atoms with Crippen molar-refractivity contribution in [3.8, 4) is 0 Å². The molecular weight excluding hydrogens is 276 g/mol. The maximum atomic E-state index is 12.0. The first-order valence-corrected chi connectivity index (χ1v) is 8.42. The second-order valence-electron chi connectivity index (χ2n) is 5.58. The molecule has 5 heteroatoms. The third kappa shape index (κ3) is 3.59. The predicted molar refractivity (Wildman–Crippen MR) is 77.1 cm³/mol. The maximum Gasteiger partial charge on any atom is 0.296 e. The summed E-state index contributed by atoms with van der Waals surface area (Å²) in [5, 5.41) is 0. The van der Waals surface area contributed by atoms with Gasteiger partial charge in [-0.15, -0.1) is 0 Å². The summed E-state index contributed by atoms with van der Waals surface area (Å²) in [5.41, 5.74) is 1.15. The van der Waals surface area contributed by atoms with E-state index in [-0.39, 0.29) is 16.9 Å². The van der Waals surface area contributed by atoms with Crippen LogP contribution >= 0.6 is 0 Å². The Labute approximate surface area is 121 Å². The molecule has 1 aromatic carbocycles. The standard InChI is InChI=1S/C15H22O4S/c1-3-8-15(11-18-12-15)9-10-19-20(16,17)14-6-4-13(2)5-7-14/h4-7H,3,8-12H2,1-2H3. The fourth-order valence-corrected chi connectivity index (χ4v) is 3.38. The van der Waals surface area contributed by atoms with Gasteiger partial charge in [0.2, 0.25) is 0 Å². The minimum atomic E-state index is -3.64. The first-order valence-electron chi connectivity index (χ1n) is 7.01. The summed E-state index contributed by atoms with van der Waals surface area (Å²) in [7, 11) is -3.64. The normalized spacial score (nSPS) is 17.7. The lowest BCUT2D eigenvalue weighted by Gasteiger charge is -2.41. The molecule has 0 atom stereocenters. The molecule has 1 aromatic rings. The Kier molecular flexibility index (Phi) is 4.83. The van der Waals surface area contributed by atoms with Crippen LogP contribution in [-0.2, 0) is 19.0 Å². The van der Waals surface area contributed by atoms with Crippen LogP contribution in [0.2, 0.25) is 0 Å². The number of benzene rings is 1. The lowest BCUT2D eigenvalue weighted by Crippen LogP contribution is -2.43. The molecule has 0 spiro atoms. The van der Waals surface area contributed by atoms with E-state index in [2.05, 4.69) is 6.92 Å². The molecule has 0 bridgehead atoms. The Morgan fingerprint density at radius 1 is 1.20 bits per heavy atom. The summed E-state index contributed by atoms with van der Waals surface area (Å²) in [6.07, 6.45) is 2.86. The van der Waals surface area contributed by atoms with E-state index < -0.39 is 10.1 Å². The van der Waals surface area contributed by atoms with Crippen LogP contribution in [0.4, 0.5) is 0 Å². The SMILES string of the molecule is CCCC1(CCOS(=O)(=O)c2ccc(C)cc2)COC1. The average Bonchev–Trinajstić information content (AvgIpc) is 2.36. The van der Waals surface area contributed by atoms with Gasteiger partial charge in [-0.05, 0) is 31.9 Å². The molecule has 0 unspecified atom stereocenters. The van der Waals surface area contributed by atoms with E-state index in [4.69, 9.17) is 8.92 Å². The van der Waals surface area contributed by atoms with Gasteiger partial charge in [0, 0.05) is 5.41 Å². The van der Waals surface area contributed by atoms with Crippen molar-refractivity contribution < 1.29 is 17.3 Å². The number of hydrogen-bond acceptors (Lipinski definition) is 4. The van der Waals surface area contributed by atoms with Gasteiger partial charge in [0.05, 0.1) is 24.7 Å². The molecular formula is C15H22O4S. The van der Waals surface area contributed by atoms with E-state index in [1.54, 1.807) is 24.3 Å². The molecule has 4 nitrogen and oxygen atoms in total. The van der Waals surface area contributed by atoms with Crippen molar-refractivity contribution in [1.82, 2.24) is 0 Å². The van der Waals surface area contributed by atoms with Gasteiger partial charge in [0.1, 0.15) is 0 Å². The van der Waals surface area contributed by atoms with E-state index in [1.807, 2.05) is 6.92 Å². The van der Waals surface area contributed by atoms with Gasteiger partial charge >= 0.3 is 0 Å². The molecule has 0 aliphatic carbocycles. The number of hydrogen-bond donors (Lipinski definition) is 0. The highest BCUT2D eigenvalue weighted by molar-refractivity contribution is 7.86. The van der Waals surface area contributed by atoms with Gasteiger partial charge in [-0.25, -0.2) is 0 Å². The van der Waals surface area contributed by atoms with E-state index in [1.165, 1.54) is 0 Å². The largest absolute Gasteiger partial charge is 0.380 e. The molecule has 1 aliphatic heterocycles. The summed E-state index contributed by atoms with van der Waals surface area (Å²) in [6.45, 7) is 5.70. The van der Waals surface area contributed by atoms with E-state index in [0.717, 1.165) is 38.0 Å². The minimum absolute atomic E-state index is 0.123. The van der Waals surface area contributed by atoms with Crippen LogP contribution in [0.15, 0.2) is 29.2 Å². The van der Waals surface area contributed by atoms with Crippen molar-refractivity contribution in [2.75, 3.05) is 19.8 Å². The highest BCUT2D eigenvalue weighted by atomic mass is 32.2. The summed E-state index contributed by atoms with van der Waals surface area (Å²) < 4.78 is 34.5. The van der Waals surface area contributed by atoms with Gasteiger partial charge < -0.3 is 4.74 Å². The fourth-order valence-electron chi connectivity index (χ4n) is 2.48. The first-order chi connectivity index (χ1) is 9.47. The zero-order chi connectivity index (χ0) is 14.6.